The van der Waals surface area contributed by atoms with E-state index in [9.17, 15) is 10.2 Å². The summed E-state index contributed by atoms with van der Waals surface area (Å²) in [7, 11) is 0. The number of benzene rings is 2. The molecule has 2 heteroatoms. The summed E-state index contributed by atoms with van der Waals surface area (Å²) in [4.78, 5) is 0. The molecule has 1 saturated carbocycles. The lowest BCUT2D eigenvalue weighted by atomic mass is 9.59. The van der Waals surface area contributed by atoms with Gasteiger partial charge in [-0.15, -0.1) is 0 Å². The fourth-order valence-corrected chi connectivity index (χ4v) is 5.23. The Labute approximate surface area is 157 Å². The molecule has 2 atom stereocenters. The average molecular weight is 353 g/mol. The molecule has 0 amide bonds. The third-order valence-corrected chi connectivity index (χ3v) is 6.29. The first kappa shape index (κ1) is 18.8. The van der Waals surface area contributed by atoms with Crippen LogP contribution in [0.4, 0.5) is 0 Å². The van der Waals surface area contributed by atoms with E-state index >= 15 is 0 Å². The Morgan fingerprint density at radius 1 is 0.692 bits per heavy atom. The Balaban J connectivity index is 2.28. The summed E-state index contributed by atoms with van der Waals surface area (Å²) in [6.45, 7) is 12.7. The Hall–Kier alpha value is -1.96. The van der Waals surface area contributed by atoms with Crippen LogP contribution in [0.25, 0.3) is 0 Å². The maximum Gasteiger partial charge on any atom is 0.121 e. The quantitative estimate of drug-likeness (QED) is 0.688. The van der Waals surface area contributed by atoms with E-state index in [0.29, 0.717) is 23.3 Å². The average Bonchev–Trinajstić information content (AvgIpc) is 2.55. The van der Waals surface area contributed by atoms with Crippen LogP contribution in [-0.4, -0.2) is 10.2 Å². The summed E-state index contributed by atoms with van der Waals surface area (Å²) in [5, 5.41) is 20.6. The van der Waals surface area contributed by atoms with E-state index in [-0.39, 0.29) is 5.41 Å². The third kappa shape index (κ3) is 3.11. The van der Waals surface area contributed by atoms with Crippen LogP contribution >= 0.6 is 0 Å². The molecule has 2 nitrogen and oxygen atoms in total. The highest BCUT2D eigenvalue weighted by Gasteiger charge is 2.41. The number of hydrogen-bond acceptors (Lipinski definition) is 2. The van der Waals surface area contributed by atoms with Crippen molar-refractivity contribution in [1.29, 1.82) is 0 Å². The largest absolute Gasteiger partial charge is 0.507 e. The number of hydrogen-bond donors (Lipinski definition) is 2. The summed E-state index contributed by atoms with van der Waals surface area (Å²) in [6, 6.07) is 8.68. The molecular formula is C24H32O2. The Morgan fingerprint density at radius 3 is 1.31 bits per heavy atom. The zero-order valence-corrected chi connectivity index (χ0v) is 17.0. The summed E-state index contributed by atoms with van der Waals surface area (Å²) in [5.41, 5.74) is 6.30. The zero-order valence-electron chi connectivity index (χ0n) is 17.0. The van der Waals surface area contributed by atoms with Gasteiger partial charge in [0.1, 0.15) is 11.5 Å². The normalized spacial score (nSPS) is 22.4. The first-order valence-corrected chi connectivity index (χ1v) is 9.75. The lowest BCUT2D eigenvalue weighted by Crippen LogP contribution is -2.37. The van der Waals surface area contributed by atoms with Gasteiger partial charge in [-0.2, -0.15) is 0 Å². The van der Waals surface area contributed by atoms with Crippen LogP contribution in [0.1, 0.15) is 66.5 Å². The molecule has 0 spiro atoms. The minimum atomic E-state index is -0.0659. The second-order valence-corrected chi connectivity index (χ2v) is 8.85. The minimum absolute atomic E-state index is 0.0659. The summed E-state index contributed by atoms with van der Waals surface area (Å²) in [6.07, 6.45) is 3.46. The van der Waals surface area contributed by atoms with Gasteiger partial charge in [0, 0.05) is 5.41 Å². The van der Waals surface area contributed by atoms with Crippen LogP contribution in [0.5, 0.6) is 11.5 Å². The van der Waals surface area contributed by atoms with Crippen molar-refractivity contribution >= 4 is 0 Å². The van der Waals surface area contributed by atoms with Gasteiger partial charge in [-0.1, -0.05) is 38.1 Å². The van der Waals surface area contributed by atoms with Crippen molar-refractivity contribution in [3.8, 4) is 11.5 Å². The van der Waals surface area contributed by atoms with Crippen molar-refractivity contribution < 1.29 is 10.2 Å². The maximum atomic E-state index is 10.3. The molecule has 2 unspecified atom stereocenters. The third-order valence-electron chi connectivity index (χ3n) is 6.29. The topological polar surface area (TPSA) is 40.5 Å². The summed E-state index contributed by atoms with van der Waals surface area (Å²) in [5.74, 6) is 2.09. The zero-order chi connectivity index (χ0) is 19.2. The smallest absolute Gasteiger partial charge is 0.121 e. The highest BCUT2D eigenvalue weighted by atomic mass is 16.3. The molecule has 0 aromatic heterocycles. The van der Waals surface area contributed by atoms with Gasteiger partial charge >= 0.3 is 0 Å². The van der Waals surface area contributed by atoms with Gasteiger partial charge < -0.3 is 10.2 Å². The molecule has 140 valence electrons. The molecule has 2 aromatic rings. The summed E-state index contributed by atoms with van der Waals surface area (Å²) >= 11 is 0. The number of phenolic OH excluding ortho intramolecular Hbond substituents is 2. The molecule has 0 heterocycles. The van der Waals surface area contributed by atoms with E-state index in [4.69, 9.17) is 0 Å². The van der Waals surface area contributed by atoms with E-state index in [0.717, 1.165) is 35.1 Å². The minimum Gasteiger partial charge on any atom is -0.507 e. The molecule has 2 N–H and O–H groups in total. The van der Waals surface area contributed by atoms with Crippen molar-refractivity contribution in [1.82, 2.24) is 0 Å². The molecule has 2 aromatic carbocycles. The molecule has 0 aliphatic heterocycles. The van der Waals surface area contributed by atoms with Gasteiger partial charge in [-0.3, -0.25) is 0 Å². The number of phenols is 2. The SMILES string of the molecule is Cc1cc(C2(c3cc(C)c(O)c(C)c3)CC(C)CC(C)C2)cc(C)c1O. The van der Waals surface area contributed by atoms with Gasteiger partial charge in [0.2, 0.25) is 0 Å². The van der Waals surface area contributed by atoms with E-state index in [1.54, 1.807) is 0 Å². The highest BCUT2D eigenvalue weighted by Crippen LogP contribution is 2.50. The molecule has 0 radical (unpaired) electrons. The van der Waals surface area contributed by atoms with Gasteiger partial charge in [0.15, 0.2) is 0 Å². The van der Waals surface area contributed by atoms with Crippen LogP contribution in [0, 0.1) is 39.5 Å². The highest BCUT2D eigenvalue weighted by molar-refractivity contribution is 5.52. The fourth-order valence-electron chi connectivity index (χ4n) is 5.23. The standard InChI is InChI=1S/C24H32O2/c1-14-7-15(2)13-24(12-14,20-8-16(3)22(25)17(4)9-20)21-10-18(5)23(26)19(6)11-21/h8-11,14-15,25-26H,7,12-13H2,1-6H3. The fraction of sp³-hybridized carbons (Fsp3) is 0.500. The number of aryl methyl sites for hydroxylation is 4. The van der Waals surface area contributed by atoms with E-state index in [2.05, 4.69) is 38.1 Å². The predicted molar refractivity (Wildman–Crippen MR) is 108 cm³/mol. The predicted octanol–water partition coefficient (Wildman–Crippen LogP) is 6.07. The molecule has 1 fully saturated rings. The van der Waals surface area contributed by atoms with E-state index in [1.165, 1.54) is 17.5 Å². The van der Waals surface area contributed by atoms with Crippen LogP contribution in [0.2, 0.25) is 0 Å². The molecular weight excluding hydrogens is 320 g/mol. The van der Waals surface area contributed by atoms with Gasteiger partial charge in [-0.05, 0) is 92.2 Å². The van der Waals surface area contributed by atoms with Gasteiger partial charge in [0.25, 0.3) is 0 Å². The van der Waals surface area contributed by atoms with Gasteiger partial charge in [-0.25, -0.2) is 0 Å². The Bertz CT molecular complexity index is 719. The first-order chi connectivity index (χ1) is 12.1. The molecule has 0 bridgehead atoms. The van der Waals surface area contributed by atoms with Gasteiger partial charge in [0.05, 0.1) is 0 Å². The van der Waals surface area contributed by atoms with Crippen molar-refractivity contribution in [3.05, 3.63) is 57.6 Å². The second kappa shape index (κ2) is 6.64. The molecule has 0 saturated heterocycles. The monoisotopic (exact) mass is 352 g/mol. The van der Waals surface area contributed by atoms with Crippen LogP contribution in [-0.2, 0) is 5.41 Å². The van der Waals surface area contributed by atoms with Crippen LogP contribution in [0.15, 0.2) is 24.3 Å². The van der Waals surface area contributed by atoms with Crippen LogP contribution < -0.4 is 0 Å². The van der Waals surface area contributed by atoms with Crippen molar-refractivity contribution in [2.24, 2.45) is 11.8 Å². The van der Waals surface area contributed by atoms with Crippen molar-refractivity contribution in [2.75, 3.05) is 0 Å². The lowest BCUT2D eigenvalue weighted by molar-refractivity contribution is 0.210. The van der Waals surface area contributed by atoms with Crippen molar-refractivity contribution in [2.45, 2.75) is 66.2 Å². The second-order valence-electron chi connectivity index (χ2n) is 8.85. The number of rotatable bonds is 2. The maximum absolute atomic E-state index is 10.3. The first-order valence-electron chi connectivity index (χ1n) is 9.75. The van der Waals surface area contributed by atoms with Crippen LogP contribution in [0.3, 0.4) is 0 Å². The molecule has 26 heavy (non-hydrogen) atoms. The van der Waals surface area contributed by atoms with E-state index in [1.807, 2.05) is 27.7 Å². The number of aromatic hydroxyl groups is 2. The molecule has 1 aliphatic carbocycles. The summed E-state index contributed by atoms with van der Waals surface area (Å²) < 4.78 is 0. The lowest BCUT2D eigenvalue weighted by Gasteiger charge is -2.44. The van der Waals surface area contributed by atoms with E-state index < -0.39 is 0 Å². The Morgan fingerprint density at radius 2 is 1.00 bits per heavy atom. The molecule has 1 aliphatic rings. The molecule has 3 rings (SSSR count). The van der Waals surface area contributed by atoms with Crippen molar-refractivity contribution in [3.63, 3.8) is 0 Å². The Kier molecular flexibility index (Phi) is 4.81.